The van der Waals surface area contributed by atoms with E-state index in [-0.39, 0.29) is 0 Å². The van der Waals surface area contributed by atoms with Crippen molar-refractivity contribution in [2.45, 2.75) is 25.8 Å². The van der Waals surface area contributed by atoms with E-state index in [9.17, 15) is 4.79 Å². The average Bonchev–Trinajstić information content (AvgIpc) is 2.72. The van der Waals surface area contributed by atoms with Crippen molar-refractivity contribution in [1.82, 2.24) is 5.32 Å². The summed E-state index contributed by atoms with van der Waals surface area (Å²) in [6, 6.07) is 11.6. The van der Waals surface area contributed by atoms with Gasteiger partial charge in [0.15, 0.2) is 6.29 Å². The second-order valence-corrected chi connectivity index (χ2v) is 6.92. The molecule has 144 valence electrons. The molecule has 1 fully saturated rings. The van der Waals surface area contributed by atoms with Gasteiger partial charge in [-0.25, -0.2) is 0 Å². The third-order valence-corrected chi connectivity index (χ3v) is 5.21. The molecule has 5 nitrogen and oxygen atoms in total. The summed E-state index contributed by atoms with van der Waals surface area (Å²) in [6.07, 6.45) is 3.25. The molecular weight excluding hydrogens is 342 g/mol. The molecule has 0 aliphatic carbocycles. The molecule has 1 aliphatic rings. The van der Waals surface area contributed by atoms with Crippen LogP contribution in [0.1, 0.15) is 30.1 Å². The van der Waals surface area contributed by atoms with Crippen molar-refractivity contribution in [3.8, 4) is 28.4 Å². The van der Waals surface area contributed by atoms with Gasteiger partial charge in [-0.15, -0.1) is 0 Å². The molecular formula is C22H27NO4. The molecule has 0 aromatic heterocycles. The van der Waals surface area contributed by atoms with Gasteiger partial charge in [-0.05, 0) is 54.6 Å². The van der Waals surface area contributed by atoms with Gasteiger partial charge in [0.25, 0.3) is 0 Å². The summed E-state index contributed by atoms with van der Waals surface area (Å²) >= 11 is 0. The highest BCUT2D eigenvalue weighted by molar-refractivity contribution is 5.92. The minimum atomic E-state index is 0.333. The van der Waals surface area contributed by atoms with Crippen LogP contribution < -0.4 is 19.5 Å². The predicted octanol–water partition coefficient (Wildman–Crippen LogP) is 3.95. The van der Waals surface area contributed by atoms with Crippen LogP contribution in [0.3, 0.4) is 0 Å². The predicted molar refractivity (Wildman–Crippen MR) is 106 cm³/mol. The van der Waals surface area contributed by atoms with Crippen molar-refractivity contribution in [3.63, 3.8) is 0 Å². The van der Waals surface area contributed by atoms with Crippen LogP contribution in [0.4, 0.5) is 0 Å². The maximum atomic E-state index is 11.7. The van der Waals surface area contributed by atoms with E-state index in [1.807, 2.05) is 30.3 Å². The summed E-state index contributed by atoms with van der Waals surface area (Å²) in [4.78, 5) is 11.7. The number of aldehydes is 1. The molecule has 0 radical (unpaired) electrons. The summed E-state index contributed by atoms with van der Waals surface area (Å²) in [5.74, 6) is 2.56. The Bertz CT molecular complexity index is 773. The summed E-state index contributed by atoms with van der Waals surface area (Å²) in [5, 5.41) is 3.52. The van der Waals surface area contributed by atoms with E-state index < -0.39 is 0 Å². The number of ether oxygens (including phenoxy) is 3. The molecule has 27 heavy (non-hydrogen) atoms. The molecule has 1 N–H and O–H groups in total. The monoisotopic (exact) mass is 369 g/mol. The van der Waals surface area contributed by atoms with E-state index in [1.54, 1.807) is 20.3 Å². The number of methoxy groups -OCH3 is 2. The van der Waals surface area contributed by atoms with E-state index in [4.69, 9.17) is 14.2 Å². The molecule has 3 rings (SSSR count). The first-order valence-electron chi connectivity index (χ1n) is 9.34. The van der Waals surface area contributed by atoms with Gasteiger partial charge in [-0.2, -0.15) is 0 Å². The number of hydrogen-bond acceptors (Lipinski definition) is 5. The Balaban J connectivity index is 1.89. The van der Waals surface area contributed by atoms with Crippen molar-refractivity contribution >= 4 is 6.29 Å². The fourth-order valence-corrected chi connectivity index (χ4v) is 3.51. The zero-order chi connectivity index (χ0) is 19.2. The number of piperidine rings is 1. The van der Waals surface area contributed by atoms with Crippen LogP contribution in [0.5, 0.6) is 17.2 Å². The van der Waals surface area contributed by atoms with Crippen LogP contribution in [0, 0.1) is 5.92 Å². The van der Waals surface area contributed by atoms with Gasteiger partial charge in [0, 0.05) is 12.1 Å². The molecule has 0 amide bonds. The highest BCUT2D eigenvalue weighted by Gasteiger charge is 2.22. The Kier molecular flexibility index (Phi) is 6.35. The third kappa shape index (κ3) is 4.42. The molecule has 0 bridgehead atoms. The maximum absolute atomic E-state index is 11.7. The van der Waals surface area contributed by atoms with E-state index in [0.717, 1.165) is 29.7 Å². The molecule has 0 spiro atoms. The molecule has 0 saturated carbocycles. The molecule has 2 atom stereocenters. The Morgan fingerprint density at radius 1 is 1.11 bits per heavy atom. The normalized spacial score (nSPS) is 19.4. The quantitative estimate of drug-likeness (QED) is 0.749. The number of hydrogen-bond donors (Lipinski definition) is 1. The number of carbonyl (C=O) groups is 1. The van der Waals surface area contributed by atoms with E-state index in [2.05, 4.69) is 12.2 Å². The number of benzene rings is 2. The lowest BCUT2D eigenvalue weighted by atomic mass is 9.93. The van der Waals surface area contributed by atoms with Crippen molar-refractivity contribution in [2.24, 2.45) is 5.92 Å². The summed E-state index contributed by atoms with van der Waals surface area (Å²) in [7, 11) is 3.19. The standard InChI is InChI=1S/C22H27NO4/c1-15-5-4-10-23-21(15)14-27-18-11-19(20(13-24)22(12-18)26-3)16-6-8-17(25-2)9-7-16/h6-9,11-13,15,21,23H,4-5,10,14H2,1-3H3. The van der Waals surface area contributed by atoms with E-state index in [1.165, 1.54) is 12.8 Å². The first-order valence-corrected chi connectivity index (χ1v) is 9.34. The van der Waals surface area contributed by atoms with E-state index in [0.29, 0.717) is 35.6 Å². The van der Waals surface area contributed by atoms with Crippen molar-refractivity contribution in [3.05, 3.63) is 42.0 Å². The fraction of sp³-hybridized carbons (Fsp3) is 0.409. The maximum Gasteiger partial charge on any atom is 0.154 e. The first-order chi connectivity index (χ1) is 13.2. The van der Waals surface area contributed by atoms with Gasteiger partial charge in [0.1, 0.15) is 23.9 Å². The molecule has 2 unspecified atom stereocenters. The van der Waals surface area contributed by atoms with Crippen LogP contribution in [0.2, 0.25) is 0 Å². The van der Waals surface area contributed by atoms with Crippen molar-refractivity contribution < 1.29 is 19.0 Å². The average molecular weight is 369 g/mol. The van der Waals surface area contributed by atoms with Crippen LogP contribution >= 0.6 is 0 Å². The molecule has 2 aromatic rings. The van der Waals surface area contributed by atoms with Gasteiger partial charge < -0.3 is 19.5 Å². The smallest absolute Gasteiger partial charge is 0.154 e. The third-order valence-electron chi connectivity index (χ3n) is 5.21. The number of rotatable bonds is 7. The Morgan fingerprint density at radius 2 is 1.89 bits per heavy atom. The molecule has 2 aromatic carbocycles. The van der Waals surface area contributed by atoms with Crippen LogP contribution in [-0.4, -0.2) is 39.7 Å². The second-order valence-electron chi connectivity index (χ2n) is 6.92. The highest BCUT2D eigenvalue weighted by Crippen LogP contribution is 2.35. The zero-order valence-corrected chi connectivity index (χ0v) is 16.2. The lowest BCUT2D eigenvalue weighted by molar-refractivity contribution is 0.112. The minimum Gasteiger partial charge on any atom is -0.497 e. The number of carbonyl (C=O) groups excluding carboxylic acids is 1. The molecule has 1 aliphatic heterocycles. The van der Waals surface area contributed by atoms with Crippen LogP contribution in [-0.2, 0) is 0 Å². The molecule has 1 heterocycles. The second kappa shape index (κ2) is 8.91. The van der Waals surface area contributed by atoms with Gasteiger partial charge in [0.05, 0.1) is 19.8 Å². The Morgan fingerprint density at radius 3 is 2.52 bits per heavy atom. The highest BCUT2D eigenvalue weighted by atomic mass is 16.5. The van der Waals surface area contributed by atoms with Gasteiger partial charge in [0.2, 0.25) is 0 Å². The lowest BCUT2D eigenvalue weighted by Gasteiger charge is -2.30. The molecule has 5 heteroatoms. The summed E-state index contributed by atoms with van der Waals surface area (Å²) in [6.45, 7) is 3.87. The zero-order valence-electron chi connectivity index (χ0n) is 16.2. The van der Waals surface area contributed by atoms with Gasteiger partial charge in [-0.3, -0.25) is 4.79 Å². The van der Waals surface area contributed by atoms with Crippen molar-refractivity contribution in [2.75, 3.05) is 27.4 Å². The summed E-state index contributed by atoms with van der Waals surface area (Å²) < 4.78 is 16.7. The van der Waals surface area contributed by atoms with Crippen LogP contribution in [0.15, 0.2) is 36.4 Å². The topological polar surface area (TPSA) is 56.8 Å². The number of nitrogens with one attached hydrogen (secondary N) is 1. The van der Waals surface area contributed by atoms with E-state index >= 15 is 0 Å². The SMILES string of the molecule is COc1ccc(-c2cc(OCC3NCCCC3C)cc(OC)c2C=O)cc1. The van der Waals surface area contributed by atoms with Gasteiger partial charge >= 0.3 is 0 Å². The molecule has 1 saturated heterocycles. The lowest BCUT2D eigenvalue weighted by Crippen LogP contribution is -2.44. The first kappa shape index (κ1) is 19.2. The van der Waals surface area contributed by atoms with Crippen molar-refractivity contribution in [1.29, 1.82) is 0 Å². The fourth-order valence-electron chi connectivity index (χ4n) is 3.51. The summed E-state index contributed by atoms with van der Waals surface area (Å²) in [5.41, 5.74) is 2.21. The van der Waals surface area contributed by atoms with Gasteiger partial charge in [-0.1, -0.05) is 19.1 Å². The minimum absolute atomic E-state index is 0.333. The van der Waals surface area contributed by atoms with Crippen LogP contribution in [0.25, 0.3) is 11.1 Å². The largest absolute Gasteiger partial charge is 0.497 e. The Hall–Kier alpha value is -2.53. The Labute approximate surface area is 160 Å².